The lowest BCUT2D eigenvalue weighted by Crippen LogP contribution is -2.34. The number of ether oxygens (including phenoxy) is 1. The van der Waals surface area contributed by atoms with Crippen molar-refractivity contribution in [3.8, 4) is 5.75 Å². The summed E-state index contributed by atoms with van der Waals surface area (Å²) in [5.74, 6) is 0.491. The Morgan fingerprint density at radius 3 is 2.59 bits per heavy atom. The summed E-state index contributed by atoms with van der Waals surface area (Å²) in [6.45, 7) is 2.69. The van der Waals surface area contributed by atoms with E-state index in [0.717, 1.165) is 23.3 Å². The molecule has 0 radical (unpaired) electrons. The Labute approximate surface area is 131 Å². The molecule has 2 rings (SSSR count). The van der Waals surface area contributed by atoms with E-state index in [2.05, 4.69) is 11.4 Å². The summed E-state index contributed by atoms with van der Waals surface area (Å²) in [7, 11) is 1.66. The molecule has 2 aromatic carbocycles. The summed E-state index contributed by atoms with van der Waals surface area (Å²) in [5, 5.41) is 3.22. The second-order valence-corrected chi connectivity index (χ2v) is 5.27. The van der Waals surface area contributed by atoms with E-state index in [0.29, 0.717) is 6.54 Å². The van der Waals surface area contributed by atoms with Crippen LogP contribution >= 0.6 is 0 Å². The van der Waals surface area contributed by atoms with Crippen molar-refractivity contribution in [2.75, 3.05) is 13.7 Å². The van der Waals surface area contributed by atoms with Crippen LogP contribution in [0.5, 0.6) is 5.75 Å². The number of nitrogens with one attached hydrogen (secondary N) is 1. The SMILES string of the molecule is COc1ccc(C)cc1CCN[C@H](C(N)=O)c1ccccc1. The van der Waals surface area contributed by atoms with Gasteiger partial charge in [-0.3, -0.25) is 4.79 Å². The Balaban J connectivity index is 2.02. The predicted molar refractivity (Wildman–Crippen MR) is 87.8 cm³/mol. The van der Waals surface area contributed by atoms with Crippen molar-refractivity contribution >= 4 is 5.91 Å². The van der Waals surface area contributed by atoms with Gasteiger partial charge in [-0.25, -0.2) is 0 Å². The van der Waals surface area contributed by atoms with E-state index in [9.17, 15) is 4.79 Å². The van der Waals surface area contributed by atoms with Gasteiger partial charge < -0.3 is 15.8 Å². The lowest BCUT2D eigenvalue weighted by Gasteiger charge is -2.16. The maximum atomic E-state index is 11.7. The van der Waals surface area contributed by atoms with Crippen molar-refractivity contribution in [2.45, 2.75) is 19.4 Å². The Morgan fingerprint density at radius 1 is 1.23 bits per heavy atom. The van der Waals surface area contributed by atoms with Crippen LogP contribution in [0.2, 0.25) is 0 Å². The van der Waals surface area contributed by atoms with Crippen molar-refractivity contribution in [2.24, 2.45) is 5.73 Å². The fourth-order valence-electron chi connectivity index (χ4n) is 2.48. The van der Waals surface area contributed by atoms with Crippen LogP contribution in [0.1, 0.15) is 22.7 Å². The summed E-state index contributed by atoms with van der Waals surface area (Å²) in [5.41, 5.74) is 8.69. The van der Waals surface area contributed by atoms with Crippen molar-refractivity contribution in [1.82, 2.24) is 5.32 Å². The fourth-order valence-corrected chi connectivity index (χ4v) is 2.48. The highest BCUT2D eigenvalue weighted by Gasteiger charge is 2.16. The molecule has 1 amide bonds. The monoisotopic (exact) mass is 298 g/mol. The molecule has 3 N–H and O–H groups in total. The Hall–Kier alpha value is -2.33. The number of amides is 1. The van der Waals surface area contributed by atoms with E-state index >= 15 is 0 Å². The van der Waals surface area contributed by atoms with Crippen molar-refractivity contribution in [3.05, 3.63) is 65.2 Å². The second kappa shape index (κ2) is 7.61. The van der Waals surface area contributed by atoms with E-state index in [-0.39, 0.29) is 5.91 Å². The molecular formula is C18H22N2O2. The third kappa shape index (κ3) is 4.09. The first-order chi connectivity index (χ1) is 10.6. The number of benzene rings is 2. The van der Waals surface area contributed by atoms with Gasteiger partial charge in [0.05, 0.1) is 7.11 Å². The fraction of sp³-hybridized carbons (Fsp3) is 0.278. The molecular weight excluding hydrogens is 276 g/mol. The zero-order chi connectivity index (χ0) is 15.9. The molecule has 0 spiro atoms. The van der Waals surface area contributed by atoms with Gasteiger partial charge in [0.25, 0.3) is 0 Å². The molecule has 4 heteroatoms. The summed E-state index contributed by atoms with van der Waals surface area (Å²) >= 11 is 0. The predicted octanol–water partition coefficient (Wildman–Crippen LogP) is 2.36. The van der Waals surface area contributed by atoms with Gasteiger partial charge >= 0.3 is 0 Å². The number of aryl methyl sites for hydroxylation is 1. The van der Waals surface area contributed by atoms with Gasteiger partial charge in [0.1, 0.15) is 11.8 Å². The van der Waals surface area contributed by atoms with Crippen LogP contribution in [0.3, 0.4) is 0 Å². The standard InChI is InChI=1S/C18H22N2O2/c1-13-8-9-16(22-2)15(12-13)10-11-20-17(18(19)21)14-6-4-3-5-7-14/h3-9,12,17,20H,10-11H2,1-2H3,(H2,19,21)/t17-/m0/s1. The van der Waals surface area contributed by atoms with Crippen molar-refractivity contribution < 1.29 is 9.53 Å². The van der Waals surface area contributed by atoms with Crippen molar-refractivity contribution in [3.63, 3.8) is 0 Å². The van der Waals surface area contributed by atoms with Gasteiger partial charge in [0.15, 0.2) is 0 Å². The molecule has 22 heavy (non-hydrogen) atoms. The number of rotatable bonds is 7. The molecule has 0 bridgehead atoms. The number of nitrogens with two attached hydrogens (primary N) is 1. The highest BCUT2D eigenvalue weighted by atomic mass is 16.5. The molecule has 0 fully saturated rings. The second-order valence-electron chi connectivity index (χ2n) is 5.27. The molecule has 0 saturated carbocycles. The Kier molecular flexibility index (Phi) is 5.55. The average molecular weight is 298 g/mol. The molecule has 0 saturated heterocycles. The third-order valence-corrected chi connectivity index (χ3v) is 3.60. The maximum Gasteiger partial charge on any atom is 0.239 e. The first kappa shape index (κ1) is 16.0. The van der Waals surface area contributed by atoms with E-state index in [1.165, 1.54) is 5.56 Å². The summed E-state index contributed by atoms with van der Waals surface area (Å²) in [6, 6.07) is 15.1. The number of hydrogen-bond acceptors (Lipinski definition) is 3. The van der Waals surface area contributed by atoms with E-state index in [4.69, 9.17) is 10.5 Å². The Morgan fingerprint density at radius 2 is 1.95 bits per heavy atom. The third-order valence-electron chi connectivity index (χ3n) is 3.60. The number of primary amides is 1. The van der Waals surface area contributed by atoms with Crippen LogP contribution in [-0.4, -0.2) is 19.6 Å². The van der Waals surface area contributed by atoms with Crippen LogP contribution in [0.4, 0.5) is 0 Å². The van der Waals surface area contributed by atoms with E-state index in [1.807, 2.05) is 49.4 Å². The van der Waals surface area contributed by atoms with Gasteiger partial charge in [-0.1, -0.05) is 48.0 Å². The summed E-state index contributed by atoms with van der Waals surface area (Å²) in [6.07, 6.45) is 0.765. The highest BCUT2D eigenvalue weighted by Crippen LogP contribution is 2.20. The van der Waals surface area contributed by atoms with Gasteiger partial charge in [-0.15, -0.1) is 0 Å². The molecule has 0 aromatic heterocycles. The summed E-state index contributed by atoms with van der Waals surface area (Å²) < 4.78 is 5.37. The van der Waals surface area contributed by atoms with E-state index in [1.54, 1.807) is 7.11 Å². The average Bonchev–Trinajstić information content (AvgIpc) is 2.52. The van der Waals surface area contributed by atoms with Gasteiger partial charge in [0.2, 0.25) is 5.91 Å². The van der Waals surface area contributed by atoms with Gasteiger partial charge in [-0.05, 0) is 30.5 Å². The quantitative estimate of drug-likeness (QED) is 0.825. The first-order valence-electron chi connectivity index (χ1n) is 7.33. The molecule has 0 aliphatic heterocycles. The summed E-state index contributed by atoms with van der Waals surface area (Å²) in [4.78, 5) is 11.7. The normalized spacial score (nSPS) is 11.9. The minimum atomic E-state index is -0.475. The zero-order valence-corrected chi connectivity index (χ0v) is 13.0. The van der Waals surface area contributed by atoms with Crippen LogP contribution in [0.25, 0.3) is 0 Å². The molecule has 2 aromatic rings. The zero-order valence-electron chi connectivity index (χ0n) is 13.0. The largest absolute Gasteiger partial charge is 0.496 e. The lowest BCUT2D eigenvalue weighted by atomic mass is 10.0. The van der Waals surface area contributed by atoms with Crippen LogP contribution < -0.4 is 15.8 Å². The highest BCUT2D eigenvalue weighted by molar-refractivity contribution is 5.81. The molecule has 0 aliphatic carbocycles. The molecule has 0 aliphatic rings. The smallest absolute Gasteiger partial charge is 0.239 e. The Bertz CT molecular complexity index is 626. The minimum Gasteiger partial charge on any atom is -0.496 e. The van der Waals surface area contributed by atoms with Crippen LogP contribution in [0.15, 0.2) is 48.5 Å². The number of methoxy groups -OCH3 is 1. The number of carbonyl (C=O) groups is 1. The van der Waals surface area contributed by atoms with Crippen LogP contribution in [-0.2, 0) is 11.2 Å². The van der Waals surface area contributed by atoms with Gasteiger partial charge in [-0.2, -0.15) is 0 Å². The molecule has 4 nitrogen and oxygen atoms in total. The molecule has 1 atom stereocenters. The first-order valence-corrected chi connectivity index (χ1v) is 7.33. The van der Waals surface area contributed by atoms with Crippen LogP contribution in [0, 0.1) is 6.92 Å². The van der Waals surface area contributed by atoms with Crippen molar-refractivity contribution in [1.29, 1.82) is 0 Å². The molecule has 0 unspecified atom stereocenters. The number of hydrogen-bond donors (Lipinski definition) is 2. The van der Waals surface area contributed by atoms with E-state index < -0.39 is 6.04 Å². The van der Waals surface area contributed by atoms with Gasteiger partial charge in [0, 0.05) is 6.54 Å². The minimum absolute atomic E-state index is 0.373. The number of carbonyl (C=O) groups excluding carboxylic acids is 1. The lowest BCUT2D eigenvalue weighted by molar-refractivity contribution is -0.120. The molecule has 116 valence electrons. The maximum absolute atomic E-state index is 11.7. The topological polar surface area (TPSA) is 64.3 Å². The molecule has 0 heterocycles.